The smallest absolute Gasteiger partial charge is 0.191 e. The van der Waals surface area contributed by atoms with Crippen molar-refractivity contribution in [3.63, 3.8) is 0 Å². The van der Waals surface area contributed by atoms with Crippen LogP contribution in [0.4, 0.5) is 0 Å². The molecule has 1 unspecified atom stereocenters. The third kappa shape index (κ3) is 8.32. The minimum absolute atomic E-state index is 0. The Kier molecular flexibility index (Phi) is 11.6. The van der Waals surface area contributed by atoms with Gasteiger partial charge in [0.2, 0.25) is 0 Å². The van der Waals surface area contributed by atoms with Gasteiger partial charge in [-0.3, -0.25) is 9.89 Å². The molecule has 30 heavy (non-hydrogen) atoms. The van der Waals surface area contributed by atoms with Gasteiger partial charge in [-0.1, -0.05) is 25.1 Å². The first-order valence-corrected chi connectivity index (χ1v) is 12.1. The lowest BCUT2D eigenvalue weighted by atomic mass is 10.0. The van der Waals surface area contributed by atoms with Gasteiger partial charge in [-0.15, -0.1) is 24.0 Å². The first-order valence-electron chi connectivity index (χ1n) is 10.4. The van der Waals surface area contributed by atoms with Crippen molar-refractivity contribution < 1.29 is 13.2 Å². The lowest BCUT2D eigenvalue weighted by Gasteiger charge is -2.40. The Bertz CT molecular complexity index is 751. The maximum atomic E-state index is 12.7. The van der Waals surface area contributed by atoms with Crippen molar-refractivity contribution in [3.05, 3.63) is 30.3 Å². The predicted octanol–water partition coefficient (Wildman–Crippen LogP) is 2.52. The van der Waals surface area contributed by atoms with E-state index in [1.165, 1.54) is 0 Å². The van der Waals surface area contributed by atoms with E-state index < -0.39 is 9.84 Å². The molecule has 2 N–H and O–H groups in total. The highest BCUT2D eigenvalue weighted by Crippen LogP contribution is 2.17. The summed E-state index contributed by atoms with van der Waals surface area (Å²) in [5, 5.41) is 6.57. The van der Waals surface area contributed by atoms with Crippen LogP contribution in [0.2, 0.25) is 0 Å². The topological polar surface area (TPSA) is 83.0 Å². The van der Waals surface area contributed by atoms with Gasteiger partial charge in [0.05, 0.1) is 30.4 Å². The lowest BCUT2D eigenvalue weighted by Crippen LogP contribution is -2.52. The van der Waals surface area contributed by atoms with E-state index in [9.17, 15) is 8.42 Å². The van der Waals surface area contributed by atoms with Gasteiger partial charge >= 0.3 is 0 Å². The van der Waals surface area contributed by atoms with Crippen molar-refractivity contribution in [1.82, 2.24) is 15.5 Å². The van der Waals surface area contributed by atoms with E-state index in [-0.39, 0.29) is 41.3 Å². The van der Waals surface area contributed by atoms with Crippen molar-refractivity contribution in [2.45, 2.75) is 50.6 Å². The number of nitrogens with one attached hydrogen (secondary N) is 2. The second-order valence-corrected chi connectivity index (χ2v) is 9.99. The number of ether oxygens (including phenoxy) is 1. The Balaban J connectivity index is 0.00000450. The zero-order valence-corrected chi connectivity index (χ0v) is 21.7. The fourth-order valence-electron chi connectivity index (χ4n) is 3.31. The van der Waals surface area contributed by atoms with Crippen LogP contribution in [0, 0.1) is 0 Å². The van der Waals surface area contributed by atoms with Gasteiger partial charge < -0.3 is 15.4 Å². The number of nitrogens with zero attached hydrogens (tertiary/aromatic N) is 2. The molecule has 0 amide bonds. The quantitative estimate of drug-likeness (QED) is 0.279. The summed E-state index contributed by atoms with van der Waals surface area (Å²) in [5.41, 5.74) is -0.0933. The van der Waals surface area contributed by atoms with E-state index in [0.717, 1.165) is 26.3 Å². The van der Waals surface area contributed by atoms with Gasteiger partial charge in [-0.05, 0) is 39.3 Å². The Morgan fingerprint density at radius 1 is 1.20 bits per heavy atom. The summed E-state index contributed by atoms with van der Waals surface area (Å²) in [6.07, 6.45) is 0.684. The monoisotopic (exact) mass is 552 g/mol. The van der Waals surface area contributed by atoms with Crippen LogP contribution in [0.5, 0.6) is 0 Å². The molecule has 1 aromatic rings. The summed E-state index contributed by atoms with van der Waals surface area (Å²) < 4.78 is 30.9. The highest BCUT2D eigenvalue weighted by Gasteiger charge is 2.28. The number of morpholine rings is 1. The number of aliphatic imine (C=N–C) groups is 1. The molecule has 0 saturated carbocycles. The van der Waals surface area contributed by atoms with E-state index in [1.54, 1.807) is 24.3 Å². The van der Waals surface area contributed by atoms with Crippen molar-refractivity contribution in [3.8, 4) is 0 Å². The molecule has 1 heterocycles. The highest BCUT2D eigenvalue weighted by atomic mass is 127. The van der Waals surface area contributed by atoms with Gasteiger partial charge in [0.1, 0.15) is 0 Å². The van der Waals surface area contributed by atoms with Crippen molar-refractivity contribution in [2.75, 3.05) is 45.1 Å². The molecule has 0 radical (unpaired) electrons. The molecule has 1 fully saturated rings. The van der Waals surface area contributed by atoms with Crippen LogP contribution in [-0.2, 0) is 14.6 Å². The fraction of sp³-hybridized carbons (Fsp3) is 0.667. The van der Waals surface area contributed by atoms with E-state index in [0.29, 0.717) is 30.4 Å². The maximum Gasteiger partial charge on any atom is 0.191 e. The Morgan fingerprint density at radius 3 is 2.40 bits per heavy atom. The first kappa shape index (κ1) is 27.1. The van der Waals surface area contributed by atoms with Gasteiger partial charge in [0.15, 0.2) is 15.8 Å². The number of guanidine groups is 1. The van der Waals surface area contributed by atoms with Crippen LogP contribution in [0.25, 0.3) is 0 Å². The standard InChI is InChI=1S/C21H36N4O3S.HI/c1-5-18(16-29(26,27)19-10-8-7-9-11-19)24-20(22-6-2)23-17-21(3,4)25-12-14-28-15-13-25;/h7-11,18H,5-6,12-17H2,1-4H3,(H2,22,23,24);1H. The highest BCUT2D eigenvalue weighted by molar-refractivity contribution is 14.0. The van der Waals surface area contributed by atoms with E-state index in [1.807, 2.05) is 19.9 Å². The molecule has 2 rings (SSSR count). The molecule has 0 aliphatic carbocycles. The molecule has 1 aliphatic heterocycles. The average Bonchev–Trinajstić information content (AvgIpc) is 2.73. The number of rotatable bonds is 9. The number of halogens is 1. The largest absolute Gasteiger partial charge is 0.379 e. The summed E-state index contributed by atoms with van der Waals surface area (Å²) in [5.74, 6) is 0.689. The number of hydrogen-bond acceptors (Lipinski definition) is 5. The first-order chi connectivity index (χ1) is 13.8. The van der Waals surface area contributed by atoms with Crippen molar-refractivity contribution in [2.24, 2.45) is 4.99 Å². The van der Waals surface area contributed by atoms with E-state index >= 15 is 0 Å². The van der Waals surface area contributed by atoms with Gasteiger partial charge in [-0.2, -0.15) is 0 Å². The number of hydrogen-bond donors (Lipinski definition) is 2. The van der Waals surface area contributed by atoms with Crippen LogP contribution in [0.1, 0.15) is 34.1 Å². The summed E-state index contributed by atoms with van der Waals surface area (Å²) in [7, 11) is -3.36. The Labute approximate surface area is 199 Å². The van der Waals surface area contributed by atoms with Crippen LogP contribution in [0.3, 0.4) is 0 Å². The third-order valence-electron chi connectivity index (χ3n) is 5.19. The molecule has 172 valence electrons. The zero-order valence-electron chi connectivity index (χ0n) is 18.6. The van der Waals surface area contributed by atoms with Gasteiger partial charge in [0.25, 0.3) is 0 Å². The minimum Gasteiger partial charge on any atom is -0.379 e. The Hall–Kier alpha value is -0.910. The SMILES string of the molecule is CCNC(=NCC(C)(C)N1CCOCC1)NC(CC)CS(=O)(=O)c1ccccc1.I. The average molecular weight is 553 g/mol. The predicted molar refractivity (Wildman–Crippen MR) is 134 cm³/mol. The Morgan fingerprint density at radius 2 is 1.83 bits per heavy atom. The van der Waals surface area contributed by atoms with Crippen molar-refractivity contribution >= 4 is 39.8 Å². The molecule has 0 bridgehead atoms. The summed E-state index contributed by atoms with van der Waals surface area (Å²) >= 11 is 0. The molecule has 1 aromatic carbocycles. The van der Waals surface area contributed by atoms with E-state index in [4.69, 9.17) is 9.73 Å². The normalized spacial score (nSPS) is 17.1. The van der Waals surface area contributed by atoms with Crippen LogP contribution in [0.15, 0.2) is 40.2 Å². The van der Waals surface area contributed by atoms with Gasteiger partial charge in [0, 0.05) is 31.2 Å². The van der Waals surface area contributed by atoms with E-state index in [2.05, 4.69) is 29.4 Å². The number of benzene rings is 1. The molecule has 0 aromatic heterocycles. The molecule has 7 nitrogen and oxygen atoms in total. The summed E-state index contributed by atoms with van der Waals surface area (Å²) in [4.78, 5) is 7.51. The molecular weight excluding hydrogens is 515 g/mol. The van der Waals surface area contributed by atoms with Crippen molar-refractivity contribution in [1.29, 1.82) is 0 Å². The fourth-order valence-corrected chi connectivity index (χ4v) is 4.92. The molecule has 1 saturated heterocycles. The number of sulfone groups is 1. The molecule has 1 aliphatic rings. The zero-order chi connectivity index (χ0) is 21.3. The second kappa shape index (κ2) is 12.8. The molecule has 9 heteroatoms. The third-order valence-corrected chi connectivity index (χ3v) is 7.02. The molecule has 1 atom stereocenters. The van der Waals surface area contributed by atoms with Crippen LogP contribution < -0.4 is 10.6 Å². The van der Waals surface area contributed by atoms with Gasteiger partial charge in [-0.25, -0.2) is 8.42 Å². The van der Waals surface area contributed by atoms with Crippen LogP contribution in [-0.4, -0.2) is 76.0 Å². The maximum absolute atomic E-state index is 12.7. The molecule has 0 spiro atoms. The minimum atomic E-state index is -3.36. The lowest BCUT2D eigenvalue weighted by molar-refractivity contribution is -0.00684. The summed E-state index contributed by atoms with van der Waals surface area (Å²) in [6, 6.07) is 8.39. The second-order valence-electron chi connectivity index (χ2n) is 7.95. The summed E-state index contributed by atoms with van der Waals surface area (Å²) in [6.45, 7) is 13.0. The molecular formula is C21H37IN4O3S. The van der Waals surface area contributed by atoms with Crippen LogP contribution >= 0.6 is 24.0 Å².